The van der Waals surface area contributed by atoms with Gasteiger partial charge in [-0.15, -0.1) is 6.42 Å². The third kappa shape index (κ3) is 3.22. The lowest BCUT2D eigenvalue weighted by atomic mass is 10.2. The minimum atomic E-state index is -3.23. The van der Waals surface area contributed by atoms with Crippen molar-refractivity contribution in [3.05, 3.63) is 35.9 Å². The topological polar surface area (TPSA) is 12.0 Å². The summed E-state index contributed by atoms with van der Waals surface area (Å²) in [5.41, 5.74) is 0.775. The van der Waals surface area contributed by atoms with Crippen LogP contribution >= 0.6 is 0 Å². The van der Waals surface area contributed by atoms with Gasteiger partial charge in [-0.1, -0.05) is 30.3 Å². The van der Waals surface area contributed by atoms with Crippen molar-refractivity contribution in [2.75, 3.05) is 0 Å². The first kappa shape index (κ1) is 9.69. The third-order valence-electron chi connectivity index (χ3n) is 1.54. The van der Waals surface area contributed by atoms with Gasteiger partial charge < -0.3 is 0 Å². The lowest BCUT2D eigenvalue weighted by Gasteiger charge is -2.10. The van der Waals surface area contributed by atoms with Crippen molar-refractivity contribution in [1.82, 2.24) is 5.32 Å². The van der Waals surface area contributed by atoms with Crippen LogP contribution in [0.3, 0.4) is 0 Å². The predicted octanol–water partition coefficient (Wildman–Crippen LogP) is 2.00. The first-order chi connectivity index (χ1) is 6.14. The van der Waals surface area contributed by atoms with Crippen LogP contribution < -0.4 is 5.32 Å². The van der Waals surface area contributed by atoms with Crippen LogP contribution in [0.4, 0.5) is 8.78 Å². The lowest BCUT2D eigenvalue weighted by Crippen LogP contribution is -2.33. The second-order valence-electron chi connectivity index (χ2n) is 2.56. The van der Waals surface area contributed by atoms with Crippen LogP contribution in [0.15, 0.2) is 30.3 Å². The number of hydrogen-bond acceptors (Lipinski definition) is 1. The molecule has 1 nitrogen and oxygen atoms in total. The van der Waals surface area contributed by atoms with Gasteiger partial charge in [-0.25, -0.2) is 5.32 Å². The molecule has 0 spiro atoms. The highest BCUT2D eigenvalue weighted by molar-refractivity contribution is 5.15. The first-order valence-electron chi connectivity index (χ1n) is 3.78. The fourth-order valence-electron chi connectivity index (χ4n) is 0.860. The van der Waals surface area contributed by atoms with Crippen molar-refractivity contribution in [2.24, 2.45) is 0 Å². The molecule has 0 heterocycles. The maximum absolute atomic E-state index is 12.5. The summed E-state index contributed by atoms with van der Waals surface area (Å²) in [6, 6.07) is 5.66. The molecule has 0 aliphatic carbocycles. The van der Waals surface area contributed by atoms with Gasteiger partial charge in [0.1, 0.15) is 0 Å². The summed E-state index contributed by atoms with van der Waals surface area (Å²) in [5, 5.41) is 1.96. The van der Waals surface area contributed by atoms with E-state index in [4.69, 9.17) is 0 Å². The number of alkyl halides is 2. The minimum absolute atomic E-state index is 0.0675. The highest BCUT2D eigenvalue weighted by Crippen LogP contribution is 2.08. The SMILES string of the molecule is C#CC(F)(F)NCc1ccccc1. The highest BCUT2D eigenvalue weighted by atomic mass is 19.3. The van der Waals surface area contributed by atoms with Gasteiger partial charge >= 0.3 is 6.05 Å². The molecule has 0 amide bonds. The normalized spacial score (nSPS) is 10.8. The van der Waals surface area contributed by atoms with Crippen LogP contribution in [0, 0.1) is 12.3 Å². The summed E-state index contributed by atoms with van der Waals surface area (Å²) >= 11 is 0. The number of hydrogen-bond donors (Lipinski definition) is 1. The van der Waals surface area contributed by atoms with Crippen LogP contribution in [0.2, 0.25) is 0 Å². The zero-order valence-corrected chi connectivity index (χ0v) is 6.93. The summed E-state index contributed by atoms with van der Waals surface area (Å²) in [6.07, 6.45) is 4.61. The van der Waals surface area contributed by atoms with Crippen LogP contribution in [-0.4, -0.2) is 6.05 Å². The molecule has 0 radical (unpaired) electrons. The molecule has 1 aromatic carbocycles. The predicted molar refractivity (Wildman–Crippen MR) is 47.1 cm³/mol. The monoisotopic (exact) mass is 181 g/mol. The van der Waals surface area contributed by atoms with E-state index in [1.807, 2.05) is 11.4 Å². The molecule has 13 heavy (non-hydrogen) atoms. The van der Waals surface area contributed by atoms with Crippen LogP contribution in [0.5, 0.6) is 0 Å². The Kier molecular flexibility index (Phi) is 2.99. The Morgan fingerprint density at radius 2 is 1.92 bits per heavy atom. The van der Waals surface area contributed by atoms with Gasteiger partial charge in [-0.05, 0) is 11.5 Å². The second-order valence-corrected chi connectivity index (χ2v) is 2.56. The van der Waals surface area contributed by atoms with E-state index in [0.29, 0.717) is 0 Å². The largest absolute Gasteiger partial charge is 0.367 e. The number of rotatable bonds is 3. The molecule has 0 aromatic heterocycles. The van der Waals surface area contributed by atoms with Gasteiger partial charge in [0.2, 0.25) is 0 Å². The minimum Gasteiger partial charge on any atom is -0.243 e. The molecule has 0 saturated carbocycles. The first-order valence-corrected chi connectivity index (χ1v) is 3.78. The highest BCUT2D eigenvalue weighted by Gasteiger charge is 2.23. The standard InChI is InChI=1S/C10H9F2N/c1-2-10(11,12)13-8-9-6-4-3-5-7-9/h1,3-7,13H,8H2. The molecule has 1 rings (SSSR count). The number of halogens is 2. The summed E-state index contributed by atoms with van der Waals surface area (Å²) in [6.45, 7) is 0.0675. The second kappa shape index (κ2) is 4.01. The Balaban J connectivity index is 2.50. The smallest absolute Gasteiger partial charge is 0.243 e. The zero-order chi connectivity index (χ0) is 9.73. The average molecular weight is 181 g/mol. The van der Waals surface area contributed by atoms with Gasteiger partial charge in [-0.2, -0.15) is 8.78 Å². The molecule has 3 heteroatoms. The van der Waals surface area contributed by atoms with Gasteiger partial charge in [0, 0.05) is 6.54 Å². The fraction of sp³-hybridized carbons (Fsp3) is 0.200. The fourth-order valence-corrected chi connectivity index (χ4v) is 0.860. The molecule has 68 valence electrons. The molecule has 0 unspecified atom stereocenters. The van der Waals surface area contributed by atoms with Crippen molar-refractivity contribution in [3.63, 3.8) is 0 Å². The van der Waals surface area contributed by atoms with Crippen molar-refractivity contribution in [1.29, 1.82) is 0 Å². The Morgan fingerprint density at radius 3 is 2.46 bits per heavy atom. The average Bonchev–Trinajstić information content (AvgIpc) is 2.17. The maximum Gasteiger partial charge on any atom is 0.367 e. The third-order valence-corrected chi connectivity index (χ3v) is 1.54. The molecule has 1 N–H and O–H groups in total. The molecular formula is C10H9F2N. The number of terminal acetylenes is 1. The van der Waals surface area contributed by atoms with Crippen molar-refractivity contribution >= 4 is 0 Å². The van der Waals surface area contributed by atoms with Gasteiger partial charge in [0.25, 0.3) is 0 Å². The van der Waals surface area contributed by atoms with Crippen LogP contribution in [-0.2, 0) is 6.54 Å². The summed E-state index contributed by atoms with van der Waals surface area (Å²) in [5.74, 6) is 1.37. The van der Waals surface area contributed by atoms with E-state index in [9.17, 15) is 8.78 Å². The van der Waals surface area contributed by atoms with E-state index >= 15 is 0 Å². The number of nitrogens with one attached hydrogen (secondary N) is 1. The summed E-state index contributed by atoms with van der Waals surface area (Å²) in [7, 11) is 0. The van der Waals surface area contributed by atoms with Gasteiger partial charge in [-0.3, -0.25) is 0 Å². The quantitative estimate of drug-likeness (QED) is 0.555. The molecule has 0 aliphatic rings. The molecule has 0 atom stereocenters. The van der Waals surface area contributed by atoms with Crippen molar-refractivity contribution < 1.29 is 8.78 Å². The Hall–Kier alpha value is -1.40. The number of benzene rings is 1. The maximum atomic E-state index is 12.5. The van der Waals surface area contributed by atoms with E-state index in [1.165, 1.54) is 5.92 Å². The van der Waals surface area contributed by atoms with Crippen LogP contribution in [0.1, 0.15) is 5.56 Å². The Labute approximate surface area is 75.8 Å². The molecule has 1 aromatic rings. The summed E-state index contributed by atoms with van der Waals surface area (Å²) < 4.78 is 25.0. The Morgan fingerprint density at radius 1 is 1.31 bits per heavy atom. The van der Waals surface area contributed by atoms with Crippen molar-refractivity contribution in [2.45, 2.75) is 12.6 Å². The molecular weight excluding hydrogens is 172 g/mol. The Bertz CT molecular complexity index is 300. The van der Waals surface area contributed by atoms with E-state index in [2.05, 4.69) is 6.42 Å². The van der Waals surface area contributed by atoms with E-state index < -0.39 is 6.05 Å². The van der Waals surface area contributed by atoms with Crippen molar-refractivity contribution in [3.8, 4) is 12.3 Å². The van der Waals surface area contributed by atoms with Gasteiger partial charge in [0.05, 0.1) is 0 Å². The van der Waals surface area contributed by atoms with Gasteiger partial charge in [0.15, 0.2) is 0 Å². The van der Waals surface area contributed by atoms with E-state index in [1.54, 1.807) is 24.3 Å². The van der Waals surface area contributed by atoms with E-state index in [0.717, 1.165) is 5.56 Å². The molecule has 0 bridgehead atoms. The lowest BCUT2D eigenvalue weighted by molar-refractivity contribution is 0.0262. The molecule has 0 fully saturated rings. The summed E-state index contributed by atoms with van der Waals surface area (Å²) in [4.78, 5) is 0. The van der Waals surface area contributed by atoms with E-state index in [-0.39, 0.29) is 6.54 Å². The molecule has 0 aliphatic heterocycles. The molecule has 0 saturated heterocycles. The van der Waals surface area contributed by atoms with Crippen LogP contribution in [0.25, 0.3) is 0 Å². The zero-order valence-electron chi connectivity index (χ0n) is 6.93.